The maximum Gasteiger partial charge on any atom is 0.342 e. The molecule has 2 aliphatic rings. The van der Waals surface area contributed by atoms with E-state index in [0.717, 1.165) is 54.9 Å². The number of benzene rings is 1. The van der Waals surface area contributed by atoms with Crippen LogP contribution in [-0.4, -0.2) is 45.9 Å². The summed E-state index contributed by atoms with van der Waals surface area (Å²) < 4.78 is 21.8. The number of hydrogen-bond donors (Lipinski definition) is 1. The number of ether oxygens (including phenoxy) is 4. The molecule has 0 spiro atoms. The topological polar surface area (TPSA) is 83.1 Å². The Labute approximate surface area is 184 Å². The quantitative estimate of drug-likeness (QED) is 0.476. The second-order valence-electron chi connectivity index (χ2n) is 8.21. The minimum absolute atomic E-state index is 0.0746. The zero-order valence-electron chi connectivity index (χ0n) is 19.0. The van der Waals surface area contributed by atoms with Crippen LogP contribution in [0.4, 0.5) is 0 Å². The van der Waals surface area contributed by atoms with E-state index in [0.29, 0.717) is 42.2 Å². The number of fused-ring (bicyclic) bond motifs is 1. The number of amides is 1. The van der Waals surface area contributed by atoms with Gasteiger partial charge in [-0.1, -0.05) is 11.6 Å². The number of esters is 1. The van der Waals surface area contributed by atoms with Crippen LogP contribution < -0.4 is 14.8 Å². The van der Waals surface area contributed by atoms with Crippen LogP contribution in [-0.2, 0) is 27.3 Å². The zero-order chi connectivity index (χ0) is 22.4. The summed E-state index contributed by atoms with van der Waals surface area (Å²) >= 11 is 0. The van der Waals surface area contributed by atoms with E-state index in [1.807, 2.05) is 13.8 Å². The summed E-state index contributed by atoms with van der Waals surface area (Å²) in [5.41, 5.74) is 4.14. The van der Waals surface area contributed by atoms with Gasteiger partial charge in [0.2, 0.25) is 5.91 Å². The van der Waals surface area contributed by atoms with E-state index in [1.165, 1.54) is 0 Å². The van der Waals surface area contributed by atoms with Crippen molar-refractivity contribution in [3.05, 3.63) is 33.9 Å². The molecule has 0 unspecified atom stereocenters. The Bertz CT molecular complexity index is 854. The molecule has 31 heavy (non-hydrogen) atoms. The first-order valence-electron chi connectivity index (χ1n) is 10.9. The second kappa shape index (κ2) is 10.7. The van der Waals surface area contributed by atoms with Gasteiger partial charge in [0.05, 0.1) is 14.2 Å². The fourth-order valence-corrected chi connectivity index (χ4v) is 4.22. The van der Waals surface area contributed by atoms with E-state index >= 15 is 0 Å². The van der Waals surface area contributed by atoms with Gasteiger partial charge in [-0.3, -0.25) is 4.79 Å². The first-order valence-corrected chi connectivity index (χ1v) is 10.9. The highest BCUT2D eigenvalue weighted by molar-refractivity contribution is 5.98. The van der Waals surface area contributed by atoms with Crippen LogP contribution in [0.1, 0.15) is 59.7 Å². The third kappa shape index (κ3) is 5.39. The minimum Gasteiger partial charge on any atom is -0.496 e. The van der Waals surface area contributed by atoms with Gasteiger partial charge < -0.3 is 24.3 Å². The molecular formula is C24H33NO6. The zero-order valence-corrected chi connectivity index (χ0v) is 19.0. The largest absolute Gasteiger partial charge is 0.496 e. The third-order valence-electron chi connectivity index (χ3n) is 6.16. The summed E-state index contributed by atoms with van der Waals surface area (Å²) in [6, 6.07) is 0. The van der Waals surface area contributed by atoms with E-state index in [2.05, 4.69) is 11.4 Å². The Balaban J connectivity index is 1.62. The molecule has 1 aromatic rings. The van der Waals surface area contributed by atoms with Crippen LogP contribution in [0.3, 0.4) is 0 Å². The Morgan fingerprint density at radius 3 is 2.55 bits per heavy atom. The lowest BCUT2D eigenvalue weighted by Crippen LogP contribution is -2.32. The van der Waals surface area contributed by atoms with Crippen molar-refractivity contribution in [1.29, 1.82) is 0 Å². The Morgan fingerprint density at radius 2 is 1.87 bits per heavy atom. The molecule has 0 aromatic heterocycles. The molecule has 3 rings (SSSR count). The smallest absolute Gasteiger partial charge is 0.342 e. The van der Waals surface area contributed by atoms with E-state index < -0.39 is 0 Å². The van der Waals surface area contributed by atoms with Gasteiger partial charge >= 0.3 is 5.97 Å². The highest BCUT2D eigenvalue weighted by atomic mass is 16.5. The van der Waals surface area contributed by atoms with E-state index in [-0.39, 0.29) is 18.5 Å². The molecule has 0 saturated carbocycles. The lowest BCUT2D eigenvalue weighted by Gasteiger charge is -2.22. The van der Waals surface area contributed by atoms with Crippen molar-refractivity contribution in [2.24, 2.45) is 5.92 Å². The number of rotatable bonds is 9. The second-order valence-corrected chi connectivity index (χ2v) is 8.21. The fourth-order valence-electron chi connectivity index (χ4n) is 4.22. The SMILES string of the molecule is COc1c(C)c2c(c(OC)c1C/C=C(\C)CCC(=O)NCC1CCOCC1)C(=O)OC2. The number of allylic oxidation sites excluding steroid dienone is 2. The number of carbonyl (C=O) groups is 2. The summed E-state index contributed by atoms with van der Waals surface area (Å²) in [7, 11) is 3.17. The monoisotopic (exact) mass is 431 g/mol. The van der Waals surface area contributed by atoms with Gasteiger partial charge in [-0.05, 0) is 51.0 Å². The van der Waals surface area contributed by atoms with Gasteiger partial charge in [0.25, 0.3) is 0 Å². The third-order valence-corrected chi connectivity index (χ3v) is 6.16. The van der Waals surface area contributed by atoms with Crippen molar-refractivity contribution < 1.29 is 28.5 Å². The first-order chi connectivity index (χ1) is 15.0. The van der Waals surface area contributed by atoms with Crippen molar-refractivity contribution in [3.63, 3.8) is 0 Å². The average molecular weight is 432 g/mol. The number of cyclic esters (lactones) is 1. The molecule has 170 valence electrons. The molecule has 1 amide bonds. The van der Waals surface area contributed by atoms with Crippen molar-refractivity contribution in [3.8, 4) is 11.5 Å². The molecule has 1 fully saturated rings. The molecule has 7 heteroatoms. The predicted octanol–water partition coefficient (Wildman–Crippen LogP) is 3.49. The standard InChI is InChI=1S/C24H33NO6/c1-15(6-8-20(26)25-13-17-9-11-30-12-10-17)5-7-18-22(28-3)16(2)19-14-31-24(27)21(19)23(18)29-4/h5,17H,6-14H2,1-4H3,(H,25,26)/b15-5+. The van der Waals surface area contributed by atoms with Gasteiger partial charge in [0.1, 0.15) is 23.7 Å². The normalized spacial score (nSPS) is 16.6. The van der Waals surface area contributed by atoms with Crippen molar-refractivity contribution >= 4 is 11.9 Å². The first kappa shape index (κ1) is 23.1. The summed E-state index contributed by atoms with van der Waals surface area (Å²) in [6.07, 6.45) is 5.76. The Hall–Kier alpha value is -2.54. The average Bonchev–Trinajstić information content (AvgIpc) is 3.17. The van der Waals surface area contributed by atoms with Crippen LogP contribution in [0, 0.1) is 12.8 Å². The van der Waals surface area contributed by atoms with E-state index in [4.69, 9.17) is 18.9 Å². The summed E-state index contributed by atoms with van der Waals surface area (Å²) in [5, 5.41) is 3.05. The molecule has 0 bridgehead atoms. The van der Waals surface area contributed by atoms with Crippen LogP contribution in [0.25, 0.3) is 0 Å². The molecule has 1 N–H and O–H groups in total. The van der Waals surface area contributed by atoms with E-state index in [1.54, 1.807) is 14.2 Å². The number of carbonyl (C=O) groups excluding carboxylic acids is 2. The molecule has 7 nitrogen and oxygen atoms in total. The van der Waals surface area contributed by atoms with Gasteiger partial charge in [-0.25, -0.2) is 4.79 Å². The molecular weight excluding hydrogens is 398 g/mol. The number of methoxy groups -OCH3 is 2. The predicted molar refractivity (Wildman–Crippen MR) is 117 cm³/mol. The highest BCUT2D eigenvalue weighted by Gasteiger charge is 2.32. The minimum atomic E-state index is -0.360. The van der Waals surface area contributed by atoms with Gasteiger partial charge in [-0.15, -0.1) is 0 Å². The number of hydrogen-bond acceptors (Lipinski definition) is 6. The molecule has 1 aromatic carbocycles. The van der Waals surface area contributed by atoms with Gasteiger partial charge in [-0.2, -0.15) is 0 Å². The van der Waals surface area contributed by atoms with Crippen LogP contribution in [0.2, 0.25) is 0 Å². The van der Waals surface area contributed by atoms with Gasteiger partial charge in [0, 0.05) is 37.3 Å². The van der Waals surface area contributed by atoms with Gasteiger partial charge in [0.15, 0.2) is 0 Å². The summed E-state index contributed by atoms with van der Waals surface area (Å²) in [5.74, 6) is 1.46. The molecule has 2 aliphatic heterocycles. The van der Waals surface area contributed by atoms with Crippen molar-refractivity contribution in [2.45, 2.75) is 52.6 Å². The summed E-state index contributed by atoms with van der Waals surface area (Å²) in [4.78, 5) is 24.4. The van der Waals surface area contributed by atoms with Crippen molar-refractivity contribution in [1.82, 2.24) is 5.32 Å². The lowest BCUT2D eigenvalue weighted by molar-refractivity contribution is -0.121. The summed E-state index contributed by atoms with van der Waals surface area (Å²) in [6.45, 7) is 6.49. The highest BCUT2D eigenvalue weighted by Crippen LogP contribution is 2.42. The lowest BCUT2D eigenvalue weighted by atomic mass is 9.94. The van der Waals surface area contributed by atoms with Crippen LogP contribution >= 0.6 is 0 Å². The van der Waals surface area contributed by atoms with Crippen LogP contribution in [0.15, 0.2) is 11.6 Å². The Morgan fingerprint density at radius 1 is 1.16 bits per heavy atom. The molecule has 2 heterocycles. The molecule has 0 aliphatic carbocycles. The van der Waals surface area contributed by atoms with E-state index in [9.17, 15) is 9.59 Å². The van der Waals surface area contributed by atoms with Crippen LogP contribution in [0.5, 0.6) is 11.5 Å². The maximum absolute atomic E-state index is 12.2. The molecule has 0 atom stereocenters. The maximum atomic E-state index is 12.2. The number of nitrogens with one attached hydrogen (secondary N) is 1. The fraction of sp³-hybridized carbons (Fsp3) is 0.583. The van der Waals surface area contributed by atoms with Crippen molar-refractivity contribution in [2.75, 3.05) is 34.0 Å². The molecule has 1 saturated heterocycles. The Kier molecular flexibility index (Phi) is 7.96. The molecule has 0 radical (unpaired) electrons.